The number of rotatable bonds is 4. The lowest BCUT2D eigenvalue weighted by Gasteiger charge is -2.32. The fraction of sp³-hybridized carbons (Fsp3) is 0.438. The molecule has 0 bridgehead atoms. The van der Waals surface area contributed by atoms with Gasteiger partial charge in [-0.05, 0) is 17.9 Å². The van der Waals surface area contributed by atoms with Crippen LogP contribution in [0.5, 0.6) is 0 Å². The molecule has 19 heavy (non-hydrogen) atoms. The molecule has 0 spiro atoms. The molecule has 102 valence electrons. The summed E-state index contributed by atoms with van der Waals surface area (Å²) >= 11 is 0. The number of nitrogens with zero attached hydrogens (tertiary/aromatic N) is 1. The summed E-state index contributed by atoms with van der Waals surface area (Å²) in [6, 6.07) is 9.01. The number of hydrogen-bond donors (Lipinski definition) is 2. The van der Waals surface area contributed by atoms with Gasteiger partial charge in [-0.25, -0.2) is 4.98 Å². The quantitative estimate of drug-likeness (QED) is 0.878. The van der Waals surface area contributed by atoms with E-state index < -0.39 is 0 Å². The number of aromatic amines is 1. The summed E-state index contributed by atoms with van der Waals surface area (Å²) in [5.41, 5.74) is 2.78. The topological polar surface area (TPSA) is 40.7 Å². The Hall–Kier alpha value is -1.61. The van der Waals surface area contributed by atoms with Gasteiger partial charge in [0.2, 0.25) is 0 Å². The van der Waals surface area contributed by atoms with Crippen LogP contribution in [-0.4, -0.2) is 9.97 Å². The Morgan fingerprint density at radius 1 is 1.32 bits per heavy atom. The normalized spacial score (nSPS) is 13.5. The van der Waals surface area contributed by atoms with E-state index in [0.717, 1.165) is 12.4 Å². The minimum Gasteiger partial charge on any atom is -0.348 e. The molecule has 0 aliphatic carbocycles. The molecule has 2 aromatic rings. The first-order valence-corrected chi connectivity index (χ1v) is 6.75. The van der Waals surface area contributed by atoms with E-state index >= 15 is 0 Å². The zero-order valence-electron chi connectivity index (χ0n) is 12.2. The van der Waals surface area contributed by atoms with Gasteiger partial charge in [0.05, 0.1) is 6.54 Å². The van der Waals surface area contributed by atoms with Gasteiger partial charge in [-0.1, -0.05) is 50.6 Å². The molecular formula is C16H23N3. The van der Waals surface area contributed by atoms with E-state index in [-0.39, 0.29) is 5.41 Å². The molecule has 0 saturated heterocycles. The van der Waals surface area contributed by atoms with Crippen LogP contribution < -0.4 is 5.32 Å². The lowest BCUT2D eigenvalue weighted by atomic mass is 9.82. The summed E-state index contributed by atoms with van der Waals surface area (Å²) in [6.07, 6.45) is 3.64. The fourth-order valence-corrected chi connectivity index (χ4v) is 2.37. The number of aryl methyl sites for hydroxylation is 1. The van der Waals surface area contributed by atoms with Crippen LogP contribution in [0.15, 0.2) is 36.7 Å². The molecule has 3 heteroatoms. The van der Waals surface area contributed by atoms with Gasteiger partial charge in [0.15, 0.2) is 0 Å². The van der Waals surface area contributed by atoms with Crippen LogP contribution in [0, 0.1) is 12.3 Å². The van der Waals surface area contributed by atoms with Crippen molar-refractivity contribution in [3.8, 4) is 0 Å². The van der Waals surface area contributed by atoms with Gasteiger partial charge >= 0.3 is 0 Å². The Kier molecular flexibility index (Phi) is 4.05. The van der Waals surface area contributed by atoms with Gasteiger partial charge in [-0.2, -0.15) is 0 Å². The number of nitrogens with one attached hydrogen (secondary N) is 2. The molecule has 0 aliphatic rings. The molecule has 0 radical (unpaired) electrons. The molecule has 2 rings (SSSR count). The number of hydrogen-bond acceptors (Lipinski definition) is 2. The van der Waals surface area contributed by atoms with Gasteiger partial charge in [0.25, 0.3) is 0 Å². The largest absolute Gasteiger partial charge is 0.348 e. The molecule has 0 amide bonds. The number of benzene rings is 1. The number of imidazole rings is 1. The van der Waals surface area contributed by atoms with Crippen molar-refractivity contribution in [3.05, 3.63) is 53.6 Å². The van der Waals surface area contributed by atoms with Crippen LogP contribution in [0.4, 0.5) is 0 Å². The lowest BCUT2D eigenvalue weighted by Crippen LogP contribution is -2.32. The van der Waals surface area contributed by atoms with Gasteiger partial charge < -0.3 is 10.3 Å². The summed E-state index contributed by atoms with van der Waals surface area (Å²) in [6.45, 7) is 9.66. The van der Waals surface area contributed by atoms with Crippen molar-refractivity contribution in [3.63, 3.8) is 0 Å². The number of H-pyrrole nitrogens is 1. The minimum absolute atomic E-state index is 0.153. The highest BCUT2D eigenvalue weighted by molar-refractivity contribution is 5.26. The maximum atomic E-state index is 4.26. The molecule has 1 unspecified atom stereocenters. The Balaban J connectivity index is 2.17. The second-order valence-electron chi connectivity index (χ2n) is 6.13. The van der Waals surface area contributed by atoms with Crippen molar-refractivity contribution in [2.45, 2.75) is 40.3 Å². The Bertz CT molecular complexity index is 509. The summed E-state index contributed by atoms with van der Waals surface area (Å²) in [5, 5.41) is 3.61. The van der Waals surface area contributed by atoms with Crippen molar-refractivity contribution in [2.75, 3.05) is 0 Å². The van der Waals surface area contributed by atoms with Crippen LogP contribution in [0.1, 0.15) is 43.8 Å². The van der Waals surface area contributed by atoms with Gasteiger partial charge in [-0.3, -0.25) is 0 Å². The molecular weight excluding hydrogens is 234 g/mol. The molecule has 1 aromatic carbocycles. The molecule has 0 fully saturated rings. The summed E-state index contributed by atoms with van der Waals surface area (Å²) < 4.78 is 0. The zero-order chi connectivity index (χ0) is 13.9. The molecule has 2 N–H and O–H groups in total. The number of aromatic nitrogens is 2. The molecule has 1 heterocycles. The first-order valence-electron chi connectivity index (χ1n) is 6.75. The first-order chi connectivity index (χ1) is 8.97. The molecule has 3 nitrogen and oxygen atoms in total. The molecule has 0 saturated carbocycles. The van der Waals surface area contributed by atoms with Crippen LogP contribution in [0.2, 0.25) is 0 Å². The molecule has 1 aromatic heterocycles. The Labute approximate surface area is 115 Å². The summed E-state index contributed by atoms with van der Waals surface area (Å²) in [4.78, 5) is 7.40. The minimum atomic E-state index is 0.153. The average molecular weight is 257 g/mol. The zero-order valence-corrected chi connectivity index (χ0v) is 12.2. The van der Waals surface area contributed by atoms with Crippen LogP contribution >= 0.6 is 0 Å². The SMILES string of the molecule is Cc1cccc(C(NCc2ncc[nH]2)C(C)(C)C)c1. The van der Waals surface area contributed by atoms with Gasteiger partial charge in [0.1, 0.15) is 5.82 Å². The predicted octanol–water partition coefficient (Wildman–Crippen LogP) is 3.60. The predicted molar refractivity (Wildman–Crippen MR) is 78.8 cm³/mol. The highest BCUT2D eigenvalue weighted by Crippen LogP contribution is 2.33. The lowest BCUT2D eigenvalue weighted by molar-refractivity contribution is 0.269. The third-order valence-corrected chi connectivity index (χ3v) is 3.27. The Morgan fingerprint density at radius 3 is 2.68 bits per heavy atom. The van der Waals surface area contributed by atoms with Gasteiger partial charge in [-0.15, -0.1) is 0 Å². The van der Waals surface area contributed by atoms with Crippen LogP contribution in [0.25, 0.3) is 0 Å². The molecule has 1 atom stereocenters. The second-order valence-corrected chi connectivity index (χ2v) is 6.13. The van der Waals surface area contributed by atoms with Crippen molar-refractivity contribution < 1.29 is 0 Å². The smallest absolute Gasteiger partial charge is 0.120 e. The fourth-order valence-electron chi connectivity index (χ4n) is 2.37. The van der Waals surface area contributed by atoms with Crippen LogP contribution in [0.3, 0.4) is 0 Å². The summed E-state index contributed by atoms with van der Waals surface area (Å²) in [7, 11) is 0. The Morgan fingerprint density at radius 2 is 2.11 bits per heavy atom. The standard InChI is InChI=1S/C16H23N3/c1-12-6-5-7-13(10-12)15(16(2,3)4)19-11-14-17-8-9-18-14/h5-10,15,19H,11H2,1-4H3,(H,17,18). The van der Waals surface area contributed by atoms with E-state index in [2.05, 4.69) is 67.2 Å². The first kappa shape index (κ1) is 13.8. The maximum absolute atomic E-state index is 4.26. The van der Waals surface area contributed by atoms with E-state index in [9.17, 15) is 0 Å². The van der Waals surface area contributed by atoms with E-state index in [1.807, 2.05) is 6.20 Å². The van der Waals surface area contributed by atoms with E-state index in [0.29, 0.717) is 6.04 Å². The van der Waals surface area contributed by atoms with Gasteiger partial charge in [0, 0.05) is 18.4 Å². The van der Waals surface area contributed by atoms with E-state index in [4.69, 9.17) is 0 Å². The van der Waals surface area contributed by atoms with Crippen LogP contribution in [-0.2, 0) is 6.54 Å². The van der Waals surface area contributed by atoms with E-state index in [1.165, 1.54) is 11.1 Å². The van der Waals surface area contributed by atoms with Crippen molar-refractivity contribution in [1.82, 2.24) is 15.3 Å². The highest BCUT2D eigenvalue weighted by Gasteiger charge is 2.25. The summed E-state index contributed by atoms with van der Waals surface area (Å²) in [5.74, 6) is 0.974. The van der Waals surface area contributed by atoms with Crippen molar-refractivity contribution in [2.24, 2.45) is 5.41 Å². The third kappa shape index (κ3) is 3.67. The second kappa shape index (κ2) is 5.57. The maximum Gasteiger partial charge on any atom is 0.120 e. The van der Waals surface area contributed by atoms with Crippen molar-refractivity contribution >= 4 is 0 Å². The monoisotopic (exact) mass is 257 g/mol. The highest BCUT2D eigenvalue weighted by atomic mass is 15.0. The average Bonchev–Trinajstić information content (AvgIpc) is 2.80. The van der Waals surface area contributed by atoms with Crippen molar-refractivity contribution in [1.29, 1.82) is 0 Å². The van der Waals surface area contributed by atoms with E-state index in [1.54, 1.807) is 6.20 Å². The third-order valence-electron chi connectivity index (χ3n) is 3.27. The molecule has 0 aliphatic heterocycles.